The normalized spacial score (nSPS) is 8.73. The van der Waals surface area contributed by atoms with Crippen LogP contribution in [-0.2, 0) is 0 Å². The Morgan fingerprint density at radius 1 is 1.20 bits per heavy atom. The van der Waals surface area contributed by atoms with Crippen LogP contribution in [0.3, 0.4) is 0 Å². The first-order valence-electron chi connectivity index (χ1n) is 4.93. The van der Waals surface area contributed by atoms with Gasteiger partial charge in [-0.3, -0.25) is 16.1 Å². The second-order valence-corrected chi connectivity index (χ2v) is 3.38. The van der Waals surface area contributed by atoms with Gasteiger partial charge in [0.25, 0.3) is 0 Å². The molecule has 4 N–H and O–H groups in total. The van der Waals surface area contributed by atoms with E-state index in [1.165, 1.54) is 12.8 Å². The molecule has 15 heavy (non-hydrogen) atoms. The highest BCUT2D eigenvalue weighted by Gasteiger charge is 2.00. The van der Waals surface area contributed by atoms with Gasteiger partial charge in [-0.25, -0.2) is 0 Å². The monoisotopic (exact) mass is 235 g/mol. The standard InChI is InChI=1S/C9H21N5.ClH/c1-4-5-6-7-12-8(10)13-9(11)14(2)3;/h4-7H2,1-3H3,(H4,10,11,12,13);1H. The average molecular weight is 236 g/mol. The Bertz CT molecular complexity index is 193. The molecule has 0 radical (unpaired) electrons. The quantitative estimate of drug-likeness (QED) is 0.336. The summed E-state index contributed by atoms with van der Waals surface area (Å²) in [5, 5.41) is 20.4. The molecule has 0 saturated heterocycles. The first kappa shape index (κ1) is 16.5. The van der Waals surface area contributed by atoms with Crippen molar-refractivity contribution in [2.75, 3.05) is 20.6 Å². The third-order valence-corrected chi connectivity index (χ3v) is 1.77. The van der Waals surface area contributed by atoms with Crippen LogP contribution in [0.25, 0.3) is 0 Å². The van der Waals surface area contributed by atoms with Crippen LogP contribution in [0.5, 0.6) is 0 Å². The summed E-state index contributed by atoms with van der Waals surface area (Å²) < 4.78 is 0. The van der Waals surface area contributed by atoms with Crippen molar-refractivity contribution >= 4 is 24.3 Å². The fraction of sp³-hybridized carbons (Fsp3) is 0.778. The van der Waals surface area contributed by atoms with Crippen molar-refractivity contribution in [3.63, 3.8) is 0 Å². The van der Waals surface area contributed by atoms with Crippen molar-refractivity contribution in [3.05, 3.63) is 0 Å². The summed E-state index contributed by atoms with van der Waals surface area (Å²) in [6, 6.07) is 0. The molecule has 0 aromatic carbocycles. The zero-order valence-electron chi connectivity index (χ0n) is 9.68. The molecule has 5 nitrogen and oxygen atoms in total. The van der Waals surface area contributed by atoms with Gasteiger partial charge in [-0.05, 0) is 6.42 Å². The third kappa shape index (κ3) is 9.34. The summed E-state index contributed by atoms with van der Waals surface area (Å²) in [5.74, 6) is 0.415. The zero-order chi connectivity index (χ0) is 11.0. The maximum atomic E-state index is 7.46. The summed E-state index contributed by atoms with van der Waals surface area (Å²) >= 11 is 0. The van der Waals surface area contributed by atoms with Crippen LogP contribution < -0.4 is 10.6 Å². The topological polar surface area (TPSA) is 75.0 Å². The molecule has 0 rings (SSSR count). The Morgan fingerprint density at radius 2 is 1.80 bits per heavy atom. The number of rotatable bonds is 4. The summed E-state index contributed by atoms with van der Waals surface area (Å²) in [5.41, 5.74) is 0. The van der Waals surface area contributed by atoms with Gasteiger partial charge >= 0.3 is 0 Å². The molecule has 0 aromatic heterocycles. The number of nitrogens with zero attached hydrogens (tertiary/aromatic N) is 1. The molecule has 0 atom stereocenters. The highest BCUT2D eigenvalue weighted by Crippen LogP contribution is 1.90. The Morgan fingerprint density at radius 3 is 2.27 bits per heavy atom. The lowest BCUT2D eigenvalue weighted by atomic mass is 10.2. The van der Waals surface area contributed by atoms with Crippen molar-refractivity contribution in [3.8, 4) is 0 Å². The van der Waals surface area contributed by atoms with E-state index >= 15 is 0 Å². The van der Waals surface area contributed by atoms with Crippen molar-refractivity contribution in [1.82, 2.24) is 15.5 Å². The van der Waals surface area contributed by atoms with E-state index in [1.54, 1.807) is 19.0 Å². The Kier molecular flexibility index (Phi) is 10.5. The maximum Gasteiger partial charge on any atom is 0.197 e. The summed E-state index contributed by atoms with van der Waals surface area (Å²) in [6.07, 6.45) is 3.41. The molecule has 0 unspecified atom stereocenters. The fourth-order valence-corrected chi connectivity index (χ4v) is 0.863. The minimum atomic E-state index is 0. The Balaban J connectivity index is 0. The van der Waals surface area contributed by atoms with Gasteiger partial charge in [0.15, 0.2) is 11.9 Å². The highest BCUT2D eigenvalue weighted by atomic mass is 35.5. The predicted molar refractivity (Wildman–Crippen MR) is 67.1 cm³/mol. The SMILES string of the molecule is CCCCCNC(=N)NC(=N)N(C)C.Cl. The van der Waals surface area contributed by atoms with Gasteiger partial charge in [-0.1, -0.05) is 19.8 Å². The smallest absolute Gasteiger partial charge is 0.197 e. The van der Waals surface area contributed by atoms with Crippen LogP contribution in [0, 0.1) is 10.8 Å². The van der Waals surface area contributed by atoms with E-state index in [-0.39, 0.29) is 24.3 Å². The molecule has 0 aliphatic heterocycles. The summed E-state index contributed by atoms with van der Waals surface area (Å²) in [6.45, 7) is 2.94. The molecular formula is C9H22ClN5. The fourth-order valence-electron chi connectivity index (χ4n) is 0.863. The molecule has 0 amide bonds. The van der Waals surface area contributed by atoms with Gasteiger partial charge < -0.3 is 10.2 Å². The zero-order valence-corrected chi connectivity index (χ0v) is 10.5. The van der Waals surface area contributed by atoms with E-state index in [4.69, 9.17) is 10.8 Å². The second kappa shape index (κ2) is 9.58. The molecule has 6 heteroatoms. The number of hydrogen-bond acceptors (Lipinski definition) is 2. The Labute approximate surface area is 98.0 Å². The van der Waals surface area contributed by atoms with Gasteiger partial charge in [0.05, 0.1) is 0 Å². The maximum absolute atomic E-state index is 7.46. The van der Waals surface area contributed by atoms with Gasteiger partial charge in [-0.2, -0.15) is 0 Å². The van der Waals surface area contributed by atoms with Crippen molar-refractivity contribution < 1.29 is 0 Å². The lowest BCUT2D eigenvalue weighted by molar-refractivity contribution is 0.596. The number of unbranched alkanes of at least 4 members (excludes halogenated alkanes) is 2. The van der Waals surface area contributed by atoms with E-state index < -0.39 is 0 Å². The third-order valence-electron chi connectivity index (χ3n) is 1.77. The number of nitrogens with one attached hydrogen (secondary N) is 4. The van der Waals surface area contributed by atoms with E-state index in [9.17, 15) is 0 Å². The summed E-state index contributed by atoms with van der Waals surface area (Å²) in [7, 11) is 3.53. The van der Waals surface area contributed by atoms with Crippen LogP contribution in [0.1, 0.15) is 26.2 Å². The lowest BCUT2D eigenvalue weighted by Gasteiger charge is -2.16. The van der Waals surface area contributed by atoms with Gasteiger partial charge in [0, 0.05) is 20.6 Å². The number of hydrogen-bond donors (Lipinski definition) is 4. The molecule has 0 aliphatic carbocycles. The van der Waals surface area contributed by atoms with Crippen LogP contribution in [-0.4, -0.2) is 37.5 Å². The summed E-state index contributed by atoms with van der Waals surface area (Å²) in [4.78, 5) is 1.61. The average Bonchev–Trinajstić information content (AvgIpc) is 2.12. The molecule has 0 aromatic rings. The second-order valence-electron chi connectivity index (χ2n) is 3.38. The molecule has 0 heterocycles. The molecule has 0 bridgehead atoms. The van der Waals surface area contributed by atoms with Crippen LogP contribution in [0.2, 0.25) is 0 Å². The first-order valence-corrected chi connectivity index (χ1v) is 4.93. The molecule has 90 valence electrons. The molecule has 0 spiro atoms. The van der Waals surface area contributed by atoms with E-state index in [0.717, 1.165) is 13.0 Å². The van der Waals surface area contributed by atoms with E-state index in [1.807, 2.05) is 0 Å². The molecule has 0 saturated carbocycles. The van der Waals surface area contributed by atoms with Crippen molar-refractivity contribution in [2.45, 2.75) is 26.2 Å². The number of guanidine groups is 2. The number of halogens is 1. The van der Waals surface area contributed by atoms with Crippen LogP contribution >= 0.6 is 12.4 Å². The van der Waals surface area contributed by atoms with Gasteiger partial charge in [0.2, 0.25) is 0 Å². The largest absolute Gasteiger partial charge is 0.356 e. The van der Waals surface area contributed by atoms with E-state index in [0.29, 0.717) is 0 Å². The molecule has 0 aliphatic rings. The predicted octanol–water partition coefficient (Wildman–Crippen LogP) is 1.21. The minimum absolute atomic E-state index is 0. The van der Waals surface area contributed by atoms with Gasteiger partial charge in [-0.15, -0.1) is 12.4 Å². The van der Waals surface area contributed by atoms with Crippen molar-refractivity contribution in [1.29, 1.82) is 10.8 Å². The van der Waals surface area contributed by atoms with Crippen LogP contribution in [0.15, 0.2) is 0 Å². The molecular weight excluding hydrogens is 214 g/mol. The van der Waals surface area contributed by atoms with Crippen molar-refractivity contribution in [2.24, 2.45) is 0 Å². The minimum Gasteiger partial charge on any atom is -0.356 e. The lowest BCUT2D eigenvalue weighted by Crippen LogP contribution is -2.45. The Hall–Kier alpha value is -0.970. The highest BCUT2D eigenvalue weighted by molar-refractivity contribution is 5.95. The van der Waals surface area contributed by atoms with Crippen LogP contribution in [0.4, 0.5) is 0 Å². The van der Waals surface area contributed by atoms with E-state index in [2.05, 4.69) is 17.6 Å². The molecule has 0 fully saturated rings. The first-order chi connectivity index (χ1) is 6.57. The van der Waals surface area contributed by atoms with Gasteiger partial charge in [0.1, 0.15) is 0 Å².